The summed E-state index contributed by atoms with van der Waals surface area (Å²) < 4.78 is 0. The molecule has 78 valence electrons. The second-order valence-corrected chi connectivity index (χ2v) is 4.60. The van der Waals surface area contributed by atoms with Gasteiger partial charge in [0, 0.05) is 0 Å². The summed E-state index contributed by atoms with van der Waals surface area (Å²) in [6, 6.07) is 8.68. The van der Waals surface area contributed by atoms with E-state index in [-0.39, 0.29) is 5.38 Å². The highest BCUT2D eigenvalue weighted by Gasteiger charge is 2.06. The van der Waals surface area contributed by atoms with E-state index in [9.17, 15) is 0 Å². The molecule has 1 aromatic rings. The van der Waals surface area contributed by atoms with Gasteiger partial charge in [-0.15, -0.1) is 11.6 Å². The van der Waals surface area contributed by atoms with Gasteiger partial charge in [-0.3, -0.25) is 0 Å². The zero-order chi connectivity index (χ0) is 10.6. The molecule has 14 heavy (non-hydrogen) atoms. The molecule has 0 bridgehead atoms. The van der Waals surface area contributed by atoms with Crippen LogP contribution in [0.4, 0.5) is 0 Å². The highest BCUT2D eigenvalue weighted by Crippen LogP contribution is 2.26. The normalized spacial score (nSPS) is 13.2. The minimum atomic E-state index is 0.182. The molecular weight excluding hydrogens is 192 g/mol. The first-order chi connectivity index (χ1) is 6.65. The summed E-state index contributed by atoms with van der Waals surface area (Å²) in [7, 11) is 0. The third-order valence-corrected chi connectivity index (χ3v) is 2.98. The first kappa shape index (κ1) is 11.6. The molecule has 1 heteroatoms. The SMILES string of the molecule is CCCC(Cl)c1ccc(C(C)C)cc1. The van der Waals surface area contributed by atoms with Gasteiger partial charge in [0.1, 0.15) is 0 Å². The van der Waals surface area contributed by atoms with Crippen LogP contribution in [0.2, 0.25) is 0 Å². The Hall–Kier alpha value is -0.490. The zero-order valence-corrected chi connectivity index (χ0v) is 10.0. The average molecular weight is 211 g/mol. The topological polar surface area (TPSA) is 0 Å². The summed E-state index contributed by atoms with van der Waals surface area (Å²) >= 11 is 6.24. The van der Waals surface area contributed by atoms with Gasteiger partial charge in [-0.25, -0.2) is 0 Å². The van der Waals surface area contributed by atoms with Crippen LogP contribution in [0.1, 0.15) is 56.0 Å². The van der Waals surface area contributed by atoms with Crippen LogP contribution in [0.3, 0.4) is 0 Å². The molecule has 0 N–H and O–H groups in total. The van der Waals surface area contributed by atoms with Gasteiger partial charge >= 0.3 is 0 Å². The van der Waals surface area contributed by atoms with Gasteiger partial charge in [-0.05, 0) is 23.5 Å². The molecule has 0 saturated carbocycles. The van der Waals surface area contributed by atoms with Crippen molar-refractivity contribution in [2.24, 2.45) is 0 Å². The lowest BCUT2D eigenvalue weighted by atomic mass is 10.00. The molecule has 0 aliphatic rings. The molecule has 0 aromatic heterocycles. The minimum absolute atomic E-state index is 0.182. The maximum absolute atomic E-state index is 6.24. The summed E-state index contributed by atoms with van der Waals surface area (Å²) in [5.74, 6) is 0.601. The zero-order valence-electron chi connectivity index (χ0n) is 9.26. The molecule has 0 spiro atoms. The largest absolute Gasteiger partial charge is 0.118 e. The van der Waals surface area contributed by atoms with E-state index in [1.807, 2.05) is 0 Å². The van der Waals surface area contributed by atoms with Crippen molar-refractivity contribution >= 4 is 11.6 Å². The quantitative estimate of drug-likeness (QED) is 0.621. The smallest absolute Gasteiger partial charge is 0.0585 e. The Labute approximate surface area is 92.3 Å². The van der Waals surface area contributed by atoms with Crippen LogP contribution in [0.15, 0.2) is 24.3 Å². The molecule has 1 aromatic carbocycles. The second kappa shape index (κ2) is 5.41. The third kappa shape index (κ3) is 3.02. The minimum Gasteiger partial charge on any atom is -0.118 e. The summed E-state index contributed by atoms with van der Waals surface area (Å²) in [5, 5.41) is 0.182. The highest BCUT2D eigenvalue weighted by molar-refractivity contribution is 6.20. The van der Waals surface area contributed by atoms with Crippen LogP contribution in [-0.4, -0.2) is 0 Å². The van der Waals surface area contributed by atoms with Gasteiger partial charge in [0.25, 0.3) is 0 Å². The highest BCUT2D eigenvalue weighted by atomic mass is 35.5. The van der Waals surface area contributed by atoms with Crippen LogP contribution in [0.25, 0.3) is 0 Å². The molecule has 0 fully saturated rings. The lowest BCUT2D eigenvalue weighted by Gasteiger charge is -2.10. The standard InChI is InChI=1S/C13H19Cl/c1-4-5-13(14)12-8-6-11(7-9-12)10(2)3/h6-10,13H,4-5H2,1-3H3. The number of hydrogen-bond donors (Lipinski definition) is 0. The number of alkyl halides is 1. The van der Waals surface area contributed by atoms with Crippen molar-refractivity contribution in [3.8, 4) is 0 Å². The first-order valence-corrected chi connectivity index (χ1v) is 5.82. The fourth-order valence-electron chi connectivity index (χ4n) is 1.51. The van der Waals surface area contributed by atoms with Gasteiger partial charge in [-0.1, -0.05) is 51.5 Å². The number of hydrogen-bond acceptors (Lipinski definition) is 0. The van der Waals surface area contributed by atoms with Crippen LogP contribution < -0.4 is 0 Å². The van der Waals surface area contributed by atoms with Crippen LogP contribution in [-0.2, 0) is 0 Å². The number of halogens is 1. The van der Waals surface area contributed by atoms with E-state index in [1.54, 1.807) is 0 Å². The Bertz CT molecular complexity index is 261. The van der Waals surface area contributed by atoms with E-state index < -0.39 is 0 Å². The van der Waals surface area contributed by atoms with Crippen LogP contribution >= 0.6 is 11.6 Å². The van der Waals surface area contributed by atoms with Crippen LogP contribution in [0.5, 0.6) is 0 Å². The van der Waals surface area contributed by atoms with Crippen molar-refractivity contribution in [3.63, 3.8) is 0 Å². The van der Waals surface area contributed by atoms with Gasteiger partial charge in [-0.2, -0.15) is 0 Å². The Morgan fingerprint density at radius 1 is 1.07 bits per heavy atom. The van der Waals surface area contributed by atoms with Crippen molar-refractivity contribution in [1.82, 2.24) is 0 Å². The second-order valence-electron chi connectivity index (χ2n) is 4.08. The van der Waals surface area contributed by atoms with Crippen molar-refractivity contribution in [1.29, 1.82) is 0 Å². The summed E-state index contributed by atoms with van der Waals surface area (Å²) in [6.07, 6.45) is 2.20. The average Bonchev–Trinajstić information content (AvgIpc) is 2.18. The van der Waals surface area contributed by atoms with E-state index in [4.69, 9.17) is 11.6 Å². The third-order valence-electron chi connectivity index (χ3n) is 2.51. The van der Waals surface area contributed by atoms with Crippen LogP contribution in [0, 0.1) is 0 Å². The molecule has 0 nitrogen and oxygen atoms in total. The predicted molar refractivity (Wildman–Crippen MR) is 64.0 cm³/mol. The molecule has 0 aliphatic heterocycles. The monoisotopic (exact) mass is 210 g/mol. The van der Waals surface area contributed by atoms with Crippen molar-refractivity contribution < 1.29 is 0 Å². The number of rotatable bonds is 4. The fraction of sp³-hybridized carbons (Fsp3) is 0.538. The molecule has 0 amide bonds. The van der Waals surface area contributed by atoms with Gasteiger partial charge in [0.15, 0.2) is 0 Å². The molecule has 0 heterocycles. The Morgan fingerprint density at radius 3 is 2.00 bits per heavy atom. The summed E-state index contributed by atoms with van der Waals surface area (Å²) in [5.41, 5.74) is 2.63. The van der Waals surface area contributed by atoms with Gasteiger partial charge < -0.3 is 0 Å². The molecule has 1 rings (SSSR count). The van der Waals surface area contributed by atoms with E-state index >= 15 is 0 Å². The molecule has 1 unspecified atom stereocenters. The van der Waals surface area contributed by atoms with Gasteiger partial charge in [0.2, 0.25) is 0 Å². The van der Waals surface area contributed by atoms with Crippen molar-refractivity contribution in [2.75, 3.05) is 0 Å². The molecule has 0 aliphatic carbocycles. The molecule has 0 radical (unpaired) electrons. The van der Waals surface area contributed by atoms with Crippen molar-refractivity contribution in [3.05, 3.63) is 35.4 Å². The summed E-state index contributed by atoms with van der Waals surface area (Å²) in [4.78, 5) is 0. The lowest BCUT2D eigenvalue weighted by Crippen LogP contribution is -1.92. The summed E-state index contributed by atoms with van der Waals surface area (Å²) in [6.45, 7) is 6.58. The van der Waals surface area contributed by atoms with E-state index in [2.05, 4.69) is 45.0 Å². The molecular formula is C13H19Cl. The van der Waals surface area contributed by atoms with Gasteiger partial charge in [0.05, 0.1) is 5.38 Å². The van der Waals surface area contributed by atoms with E-state index in [0.29, 0.717) is 5.92 Å². The maximum Gasteiger partial charge on any atom is 0.0585 e. The Kier molecular flexibility index (Phi) is 4.47. The van der Waals surface area contributed by atoms with E-state index in [0.717, 1.165) is 12.8 Å². The predicted octanol–water partition coefficient (Wildman–Crippen LogP) is 4.89. The Morgan fingerprint density at radius 2 is 1.57 bits per heavy atom. The molecule has 0 saturated heterocycles. The Balaban J connectivity index is 2.72. The first-order valence-electron chi connectivity index (χ1n) is 5.39. The fourth-order valence-corrected chi connectivity index (χ4v) is 1.87. The van der Waals surface area contributed by atoms with E-state index in [1.165, 1.54) is 11.1 Å². The maximum atomic E-state index is 6.24. The molecule has 1 atom stereocenters. The van der Waals surface area contributed by atoms with Crippen molar-refractivity contribution in [2.45, 2.75) is 44.9 Å². The lowest BCUT2D eigenvalue weighted by molar-refractivity contribution is 0.768. The number of benzene rings is 1.